The summed E-state index contributed by atoms with van der Waals surface area (Å²) in [5, 5.41) is 3.04. The van der Waals surface area contributed by atoms with Crippen LogP contribution in [0, 0.1) is 20.8 Å². The number of aromatic nitrogens is 2. The lowest BCUT2D eigenvalue weighted by Gasteiger charge is -2.09. The van der Waals surface area contributed by atoms with Crippen LogP contribution in [-0.2, 0) is 17.5 Å². The van der Waals surface area contributed by atoms with Crippen molar-refractivity contribution in [3.63, 3.8) is 0 Å². The first kappa shape index (κ1) is 20.4. The number of ether oxygens (including phenoxy) is 1. The van der Waals surface area contributed by atoms with Gasteiger partial charge in [0, 0.05) is 40.0 Å². The molecule has 5 nitrogen and oxygen atoms in total. The minimum Gasteiger partial charge on any atom is -0.454 e. The molecular formula is C21H22N2O3S2. The van der Waals surface area contributed by atoms with Crippen molar-refractivity contribution in [3.05, 3.63) is 68.9 Å². The lowest BCUT2D eigenvalue weighted by molar-refractivity contribution is 0.0471. The van der Waals surface area contributed by atoms with Crippen LogP contribution < -0.4 is 0 Å². The standard InChI is InChI=1S/C21H22N2O3S2/c1-13-9-18(14(2)23(13)4)19(24)10-26-21(25)17-7-5-6-8-20(17)28-12-16-11-27-15(3)22-16/h5-9,11H,10,12H2,1-4H3. The third kappa shape index (κ3) is 4.54. The monoisotopic (exact) mass is 414 g/mol. The summed E-state index contributed by atoms with van der Waals surface area (Å²) in [4.78, 5) is 30.3. The molecule has 0 saturated carbocycles. The fourth-order valence-corrected chi connectivity index (χ4v) is 4.46. The van der Waals surface area contributed by atoms with Crippen LogP contribution in [0.3, 0.4) is 0 Å². The largest absolute Gasteiger partial charge is 0.454 e. The van der Waals surface area contributed by atoms with Gasteiger partial charge in [-0.15, -0.1) is 23.1 Å². The highest BCUT2D eigenvalue weighted by Gasteiger charge is 2.18. The van der Waals surface area contributed by atoms with Gasteiger partial charge in [-0.3, -0.25) is 4.79 Å². The number of rotatable bonds is 7. The summed E-state index contributed by atoms with van der Waals surface area (Å²) in [5.41, 5.74) is 3.91. The second-order valence-corrected chi connectivity index (χ2v) is 8.57. The number of thioether (sulfide) groups is 1. The number of aryl methyl sites for hydroxylation is 2. The Morgan fingerprint density at radius 2 is 1.93 bits per heavy atom. The lowest BCUT2D eigenvalue weighted by atomic mass is 10.1. The molecule has 0 fully saturated rings. The second-order valence-electron chi connectivity index (χ2n) is 6.49. The van der Waals surface area contributed by atoms with Gasteiger partial charge in [0.1, 0.15) is 0 Å². The van der Waals surface area contributed by atoms with E-state index in [0.29, 0.717) is 16.9 Å². The Morgan fingerprint density at radius 3 is 2.57 bits per heavy atom. The maximum absolute atomic E-state index is 12.6. The summed E-state index contributed by atoms with van der Waals surface area (Å²) in [6.07, 6.45) is 0. The maximum Gasteiger partial charge on any atom is 0.339 e. The maximum atomic E-state index is 12.6. The number of carbonyl (C=O) groups is 2. The van der Waals surface area contributed by atoms with Gasteiger partial charge in [-0.25, -0.2) is 9.78 Å². The van der Waals surface area contributed by atoms with Crippen molar-refractivity contribution < 1.29 is 14.3 Å². The minimum atomic E-state index is -0.490. The van der Waals surface area contributed by atoms with E-state index in [1.807, 2.05) is 56.0 Å². The van der Waals surface area contributed by atoms with E-state index in [2.05, 4.69) is 4.98 Å². The summed E-state index contributed by atoms with van der Waals surface area (Å²) >= 11 is 3.14. The Hall–Kier alpha value is -2.38. The molecule has 0 atom stereocenters. The van der Waals surface area contributed by atoms with E-state index in [1.165, 1.54) is 11.8 Å². The third-order valence-corrected chi connectivity index (χ3v) is 6.49. The Labute approximate surface area is 172 Å². The van der Waals surface area contributed by atoms with Crippen molar-refractivity contribution in [2.24, 2.45) is 7.05 Å². The van der Waals surface area contributed by atoms with Crippen LogP contribution in [0.5, 0.6) is 0 Å². The van der Waals surface area contributed by atoms with Crippen LogP contribution in [0.4, 0.5) is 0 Å². The van der Waals surface area contributed by atoms with Gasteiger partial charge in [-0.1, -0.05) is 12.1 Å². The number of esters is 1. The SMILES string of the molecule is Cc1nc(CSc2ccccc2C(=O)OCC(=O)c2cc(C)n(C)c2C)cs1. The van der Waals surface area contributed by atoms with Crippen LogP contribution >= 0.6 is 23.1 Å². The lowest BCUT2D eigenvalue weighted by Crippen LogP contribution is -2.15. The molecular weight excluding hydrogens is 392 g/mol. The number of Topliss-reactive ketones (excluding diaryl/α,β-unsaturated/α-hetero) is 1. The molecule has 3 aromatic rings. The topological polar surface area (TPSA) is 61.2 Å². The second kappa shape index (κ2) is 8.75. The molecule has 28 heavy (non-hydrogen) atoms. The summed E-state index contributed by atoms with van der Waals surface area (Å²) in [5.74, 6) is -0.00962. The fourth-order valence-electron chi connectivity index (χ4n) is 2.81. The highest BCUT2D eigenvalue weighted by atomic mass is 32.2. The molecule has 0 amide bonds. The van der Waals surface area contributed by atoms with Gasteiger partial charge in [-0.05, 0) is 39.0 Å². The zero-order valence-corrected chi connectivity index (χ0v) is 17.9. The normalized spacial score (nSPS) is 10.9. The fraction of sp³-hybridized carbons (Fsp3) is 0.286. The van der Waals surface area contributed by atoms with E-state index in [4.69, 9.17) is 4.74 Å². The first-order valence-electron chi connectivity index (χ1n) is 8.83. The quantitative estimate of drug-likeness (QED) is 0.317. The summed E-state index contributed by atoms with van der Waals surface area (Å²) in [6.45, 7) is 5.52. The molecule has 0 unspecified atom stereocenters. The first-order chi connectivity index (χ1) is 13.4. The predicted molar refractivity (Wildman–Crippen MR) is 112 cm³/mol. The molecule has 0 spiro atoms. The number of hydrogen-bond acceptors (Lipinski definition) is 6. The van der Waals surface area contributed by atoms with E-state index in [-0.39, 0.29) is 12.4 Å². The van der Waals surface area contributed by atoms with Gasteiger partial charge in [0.2, 0.25) is 5.78 Å². The highest BCUT2D eigenvalue weighted by molar-refractivity contribution is 7.98. The van der Waals surface area contributed by atoms with E-state index in [0.717, 1.165) is 27.0 Å². The third-order valence-electron chi connectivity index (χ3n) is 4.56. The molecule has 7 heteroatoms. The Bertz CT molecular complexity index is 1020. The Kier molecular flexibility index (Phi) is 6.36. The molecule has 0 aliphatic heterocycles. The van der Waals surface area contributed by atoms with Crippen molar-refractivity contribution >= 4 is 34.9 Å². The van der Waals surface area contributed by atoms with Crippen LogP contribution in [0.15, 0.2) is 40.6 Å². The van der Waals surface area contributed by atoms with Crippen LogP contribution in [0.25, 0.3) is 0 Å². The van der Waals surface area contributed by atoms with E-state index in [1.54, 1.807) is 23.5 Å². The predicted octanol–water partition coefficient (Wildman–Crippen LogP) is 4.74. The molecule has 146 valence electrons. The average Bonchev–Trinajstić information content (AvgIpc) is 3.22. The van der Waals surface area contributed by atoms with Gasteiger partial charge in [0.15, 0.2) is 6.61 Å². The van der Waals surface area contributed by atoms with Gasteiger partial charge in [-0.2, -0.15) is 0 Å². The molecule has 2 heterocycles. The number of thiazole rings is 1. The summed E-state index contributed by atoms with van der Waals surface area (Å²) in [6, 6.07) is 9.10. The van der Waals surface area contributed by atoms with Crippen molar-refractivity contribution in [1.82, 2.24) is 9.55 Å². The summed E-state index contributed by atoms with van der Waals surface area (Å²) < 4.78 is 7.27. The zero-order chi connectivity index (χ0) is 20.3. The van der Waals surface area contributed by atoms with E-state index in [9.17, 15) is 9.59 Å². The number of nitrogens with zero attached hydrogens (tertiary/aromatic N) is 2. The number of carbonyl (C=O) groups excluding carboxylic acids is 2. The molecule has 1 aromatic carbocycles. The smallest absolute Gasteiger partial charge is 0.339 e. The van der Waals surface area contributed by atoms with E-state index < -0.39 is 5.97 Å². The molecule has 2 aromatic heterocycles. The number of benzene rings is 1. The Morgan fingerprint density at radius 1 is 1.18 bits per heavy atom. The van der Waals surface area contributed by atoms with Gasteiger partial charge >= 0.3 is 5.97 Å². The van der Waals surface area contributed by atoms with Crippen molar-refractivity contribution in [2.75, 3.05) is 6.61 Å². The van der Waals surface area contributed by atoms with Crippen LogP contribution in [0.2, 0.25) is 0 Å². The van der Waals surface area contributed by atoms with Gasteiger partial charge < -0.3 is 9.30 Å². The molecule has 0 bridgehead atoms. The zero-order valence-electron chi connectivity index (χ0n) is 16.3. The summed E-state index contributed by atoms with van der Waals surface area (Å²) in [7, 11) is 1.91. The molecule has 0 aliphatic carbocycles. The molecule has 0 N–H and O–H groups in total. The number of hydrogen-bond donors (Lipinski definition) is 0. The van der Waals surface area contributed by atoms with Gasteiger partial charge in [0.25, 0.3) is 0 Å². The highest BCUT2D eigenvalue weighted by Crippen LogP contribution is 2.27. The van der Waals surface area contributed by atoms with Crippen LogP contribution in [-0.4, -0.2) is 27.9 Å². The van der Waals surface area contributed by atoms with Crippen molar-refractivity contribution in [3.8, 4) is 0 Å². The average molecular weight is 415 g/mol. The first-order valence-corrected chi connectivity index (χ1v) is 10.7. The van der Waals surface area contributed by atoms with Crippen LogP contribution in [0.1, 0.15) is 42.8 Å². The number of ketones is 1. The van der Waals surface area contributed by atoms with E-state index >= 15 is 0 Å². The van der Waals surface area contributed by atoms with Crippen molar-refractivity contribution in [1.29, 1.82) is 0 Å². The Balaban J connectivity index is 1.65. The van der Waals surface area contributed by atoms with Crippen molar-refractivity contribution in [2.45, 2.75) is 31.4 Å². The van der Waals surface area contributed by atoms with Gasteiger partial charge in [0.05, 0.1) is 16.3 Å². The minimum absolute atomic E-state index is 0.197. The molecule has 0 aliphatic rings. The molecule has 0 radical (unpaired) electrons. The molecule has 0 saturated heterocycles. The molecule has 3 rings (SSSR count).